The van der Waals surface area contributed by atoms with Crippen molar-refractivity contribution in [3.63, 3.8) is 0 Å². The van der Waals surface area contributed by atoms with Crippen LogP contribution in [-0.4, -0.2) is 16.5 Å². The number of nitrogens with two attached hydrogens (primary N) is 1. The first-order valence-corrected chi connectivity index (χ1v) is 7.63. The smallest absolute Gasteiger partial charge is 0.124 e. The first-order valence-electron chi connectivity index (χ1n) is 5.85. The third-order valence-electron chi connectivity index (χ3n) is 2.36. The van der Waals surface area contributed by atoms with Crippen molar-refractivity contribution < 1.29 is 4.39 Å². The van der Waals surface area contributed by atoms with Crippen LogP contribution in [0, 0.1) is 5.82 Å². The molecule has 2 nitrogen and oxygen atoms in total. The molecule has 0 aliphatic rings. The van der Waals surface area contributed by atoms with E-state index in [1.807, 2.05) is 17.8 Å². The van der Waals surface area contributed by atoms with E-state index in [9.17, 15) is 4.39 Å². The molecule has 18 heavy (non-hydrogen) atoms. The minimum absolute atomic E-state index is 0.142. The molecule has 0 saturated carbocycles. The Bertz CT molecular complexity index is 373. The van der Waals surface area contributed by atoms with E-state index in [2.05, 4.69) is 42.1 Å². The Balaban J connectivity index is 2.62. The predicted octanol–water partition coefficient (Wildman–Crippen LogP) is 3.49. The van der Waals surface area contributed by atoms with Gasteiger partial charge in [-0.2, -0.15) is 11.8 Å². The summed E-state index contributed by atoms with van der Waals surface area (Å²) in [5.74, 6) is 6.23. The highest BCUT2D eigenvalue weighted by molar-refractivity contribution is 9.10. The van der Waals surface area contributed by atoms with Gasteiger partial charge in [0.15, 0.2) is 0 Å². The summed E-state index contributed by atoms with van der Waals surface area (Å²) in [5, 5.41) is 0. The number of benzene rings is 1. The van der Waals surface area contributed by atoms with E-state index in [-0.39, 0.29) is 16.6 Å². The van der Waals surface area contributed by atoms with Gasteiger partial charge in [0.05, 0.1) is 0 Å². The third-order valence-corrected chi connectivity index (χ3v) is 4.25. The van der Waals surface area contributed by atoms with E-state index < -0.39 is 0 Å². The number of nitrogens with one attached hydrogen (secondary N) is 1. The molecule has 1 atom stereocenters. The van der Waals surface area contributed by atoms with Gasteiger partial charge in [0.1, 0.15) is 5.82 Å². The molecule has 0 radical (unpaired) electrons. The standard InChI is InChI=1S/C13H20BrFN2S/c1-13(2,3)18-8-12(17-16)6-9-4-10(14)7-11(15)5-9/h4-5,7,12,17H,6,8,16H2,1-3H3. The van der Waals surface area contributed by atoms with Gasteiger partial charge in [0.25, 0.3) is 0 Å². The molecule has 0 aliphatic carbocycles. The lowest BCUT2D eigenvalue weighted by molar-refractivity contribution is 0.568. The van der Waals surface area contributed by atoms with Gasteiger partial charge in [-0.1, -0.05) is 36.7 Å². The van der Waals surface area contributed by atoms with E-state index in [1.165, 1.54) is 6.07 Å². The summed E-state index contributed by atoms with van der Waals surface area (Å²) in [5.41, 5.74) is 3.75. The van der Waals surface area contributed by atoms with Gasteiger partial charge in [-0.15, -0.1) is 0 Å². The van der Waals surface area contributed by atoms with Crippen LogP contribution in [0.25, 0.3) is 0 Å². The SMILES string of the molecule is CC(C)(C)SCC(Cc1cc(F)cc(Br)c1)NN. The van der Waals surface area contributed by atoms with Crippen molar-refractivity contribution in [2.45, 2.75) is 38.0 Å². The minimum atomic E-state index is -0.223. The first-order chi connectivity index (χ1) is 8.30. The van der Waals surface area contributed by atoms with Crippen molar-refractivity contribution in [1.29, 1.82) is 0 Å². The Labute approximate surface area is 121 Å². The summed E-state index contributed by atoms with van der Waals surface area (Å²) < 4.78 is 14.2. The number of thioether (sulfide) groups is 1. The molecule has 102 valence electrons. The van der Waals surface area contributed by atoms with Crippen molar-refractivity contribution in [3.8, 4) is 0 Å². The van der Waals surface area contributed by atoms with E-state index in [0.29, 0.717) is 0 Å². The fourth-order valence-electron chi connectivity index (χ4n) is 1.53. The molecule has 0 spiro atoms. The van der Waals surface area contributed by atoms with Crippen molar-refractivity contribution >= 4 is 27.7 Å². The van der Waals surface area contributed by atoms with Crippen LogP contribution in [0.1, 0.15) is 26.3 Å². The highest BCUT2D eigenvalue weighted by Crippen LogP contribution is 2.25. The second-order valence-corrected chi connectivity index (χ2v) is 8.03. The molecule has 0 saturated heterocycles. The summed E-state index contributed by atoms with van der Waals surface area (Å²) in [6.07, 6.45) is 0.718. The molecule has 0 bridgehead atoms. The molecule has 0 fully saturated rings. The largest absolute Gasteiger partial charge is 0.271 e. The quantitative estimate of drug-likeness (QED) is 0.639. The number of hydrogen-bond acceptors (Lipinski definition) is 3. The molecule has 1 unspecified atom stereocenters. The van der Waals surface area contributed by atoms with Crippen LogP contribution in [0.15, 0.2) is 22.7 Å². The topological polar surface area (TPSA) is 38.0 Å². The van der Waals surface area contributed by atoms with Gasteiger partial charge >= 0.3 is 0 Å². The molecule has 0 aromatic heterocycles. The van der Waals surface area contributed by atoms with Crippen LogP contribution in [0.5, 0.6) is 0 Å². The summed E-state index contributed by atoms with van der Waals surface area (Å²) >= 11 is 5.14. The lowest BCUT2D eigenvalue weighted by atomic mass is 10.1. The maximum absolute atomic E-state index is 13.3. The van der Waals surface area contributed by atoms with Gasteiger partial charge in [-0.05, 0) is 30.2 Å². The molecule has 0 amide bonds. The normalized spacial score (nSPS) is 13.7. The molecule has 1 rings (SSSR count). The fraction of sp³-hybridized carbons (Fsp3) is 0.538. The maximum Gasteiger partial charge on any atom is 0.124 e. The molecule has 5 heteroatoms. The highest BCUT2D eigenvalue weighted by atomic mass is 79.9. The monoisotopic (exact) mass is 334 g/mol. The van der Waals surface area contributed by atoms with Gasteiger partial charge in [-0.25, -0.2) is 4.39 Å². The Kier molecular flexibility index (Phi) is 6.11. The van der Waals surface area contributed by atoms with E-state index in [1.54, 1.807) is 6.07 Å². The average Bonchev–Trinajstić information content (AvgIpc) is 2.21. The van der Waals surface area contributed by atoms with Crippen molar-refractivity contribution in [2.24, 2.45) is 5.84 Å². The van der Waals surface area contributed by atoms with Crippen molar-refractivity contribution in [3.05, 3.63) is 34.1 Å². The van der Waals surface area contributed by atoms with Crippen LogP contribution in [0.4, 0.5) is 4.39 Å². The lowest BCUT2D eigenvalue weighted by Crippen LogP contribution is -2.39. The van der Waals surface area contributed by atoms with Crippen LogP contribution in [0.3, 0.4) is 0 Å². The maximum atomic E-state index is 13.3. The zero-order chi connectivity index (χ0) is 13.8. The Morgan fingerprint density at radius 2 is 2.06 bits per heavy atom. The van der Waals surface area contributed by atoms with E-state index >= 15 is 0 Å². The van der Waals surface area contributed by atoms with Gasteiger partial charge < -0.3 is 0 Å². The van der Waals surface area contributed by atoms with Crippen LogP contribution in [0.2, 0.25) is 0 Å². The Morgan fingerprint density at radius 1 is 1.39 bits per heavy atom. The molecule has 1 aromatic rings. The summed E-state index contributed by atoms with van der Waals surface area (Å²) in [4.78, 5) is 0. The van der Waals surface area contributed by atoms with Crippen molar-refractivity contribution in [2.75, 3.05) is 5.75 Å². The Hall–Kier alpha value is -0.100. The number of halogens is 2. The third kappa shape index (κ3) is 6.18. The summed E-state index contributed by atoms with van der Waals surface area (Å²) in [7, 11) is 0. The summed E-state index contributed by atoms with van der Waals surface area (Å²) in [6.45, 7) is 6.51. The predicted molar refractivity (Wildman–Crippen MR) is 81.1 cm³/mol. The van der Waals surface area contributed by atoms with E-state index in [0.717, 1.165) is 22.2 Å². The highest BCUT2D eigenvalue weighted by Gasteiger charge is 2.15. The molecule has 0 aliphatic heterocycles. The average molecular weight is 335 g/mol. The zero-order valence-electron chi connectivity index (χ0n) is 11.0. The van der Waals surface area contributed by atoms with Crippen LogP contribution < -0.4 is 11.3 Å². The zero-order valence-corrected chi connectivity index (χ0v) is 13.4. The van der Waals surface area contributed by atoms with Crippen LogP contribution >= 0.6 is 27.7 Å². The molecule has 0 heterocycles. The van der Waals surface area contributed by atoms with Crippen LogP contribution in [-0.2, 0) is 6.42 Å². The first kappa shape index (κ1) is 16.0. The molecule has 3 N–H and O–H groups in total. The molecule has 1 aromatic carbocycles. The number of hydrazine groups is 1. The van der Waals surface area contributed by atoms with Gasteiger partial charge in [0, 0.05) is 21.0 Å². The number of rotatable bonds is 5. The summed E-state index contributed by atoms with van der Waals surface area (Å²) in [6, 6.07) is 5.08. The van der Waals surface area contributed by atoms with Gasteiger partial charge in [0.2, 0.25) is 0 Å². The second kappa shape index (κ2) is 6.89. The van der Waals surface area contributed by atoms with Crippen molar-refractivity contribution in [1.82, 2.24) is 5.43 Å². The Morgan fingerprint density at radius 3 is 2.56 bits per heavy atom. The van der Waals surface area contributed by atoms with E-state index in [4.69, 9.17) is 5.84 Å². The minimum Gasteiger partial charge on any atom is -0.271 e. The fourth-order valence-corrected chi connectivity index (χ4v) is 2.96. The second-order valence-electron chi connectivity index (χ2n) is 5.27. The molecular formula is C13H20BrFN2S. The number of hydrogen-bond donors (Lipinski definition) is 2. The van der Waals surface area contributed by atoms with Gasteiger partial charge in [-0.3, -0.25) is 11.3 Å². The molecular weight excluding hydrogens is 315 g/mol. The lowest BCUT2D eigenvalue weighted by Gasteiger charge is -2.22.